The lowest BCUT2D eigenvalue weighted by Gasteiger charge is -2.09. The Hall–Kier alpha value is -2.57. The Morgan fingerprint density at radius 1 is 1.14 bits per heavy atom. The summed E-state index contributed by atoms with van der Waals surface area (Å²) >= 11 is 5.93. The molecule has 0 radical (unpaired) electrons. The second kappa shape index (κ2) is 5.82. The predicted molar refractivity (Wildman–Crippen MR) is 85.2 cm³/mol. The molecule has 1 heterocycles. The Labute approximate surface area is 127 Å². The van der Waals surface area contributed by atoms with Gasteiger partial charge in [-0.25, -0.2) is 0 Å². The van der Waals surface area contributed by atoms with Crippen LogP contribution in [0.15, 0.2) is 54.7 Å². The first kappa shape index (κ1) is 13.4. The topological polar surface area (TPSA) is 48.7 Å². The minimum absolute atomic E-state index is 0.470. The molecule has 2 aromatic carbocycles. The lowest BCUT2D eigenvalue weighted by atomic mass is 10.1. The number of nitrogens with zero attached hydrogens (tertiary/aromatic N) is 2. The van der Waals surface area contributed by atoms with Gasteiger partial charge in [-0.3, -0.25) is 4.98 Å². The molecule has 0 aliphatic heterocycles. The van der Waals surface area contributed by atoms with E-state index in [-0.39, 0.29) is 0 Å². The van der Waals surface area contributed by atoms with Crippen LogP contribution in [0.4, 0.5) is 5.69 Å². The van der Waals surface area contributed by atoms with Gasteiger partial charge in [0.2, 0.25) is 0 Å². The molecule has 0 saturated heterocycles. The van der Waals surface area contributed by atoms with Gasteiger partial charge in [-0.05, 0) is 35.9 Å². The molecule has 4 heteroatoms. The number of aromatic nitrogens is 1. The maximum atomic E-state index is 9.00. The Balaban J connectivity index is 1.86. The zero-order chi connectivity index (χ0) is 14.7. The number of hydrogen-bond acceptors (Lipinski definition) is 3. The van der Waals surface area contributed by atoms with E-state index in [1.165, 1.54) is 0 Å². The van der Waals surface area contributed by atoms with E-state index in [9.17, 15) is 0 Å². The average Bonchev–Trinajstić information content (AvgIpc) is 2.54. The van der Waals surface area contributed by atoms with Crippen molar-refractivity contribution in [3.8, 4) is 6.07 Å². The molecule has 0 fully saturated rings. The van der Waals surface area contributed by atoms with Crippen LogP contribution in [0.25, 0.3) is 10.9 Å². The summed E-state index contributed by atoms with van der Waals surface area (Å²) in [6.45, 7) is 0.662. The van der Waals surface area contributed by atoms with Crippen LogP contribution >= 0.6 is 11.6 Å². The molecule has 0 saturated carbocycles. The molecule has 0 aliphatic rings. The van der Waals surface area contributed by atoms with E-state index < -0.39 is 0 Å². The van der Waals surface area contributed by atoms with Gasteiger partial charge in [0, 0.05) is 23.8 Å². The minimum Gasteiger partial charge on any atom is -0.381 e. The Bertz CT molecular complexity index is 832. The zero-order valence-electron chi connectivity index (χ0n) is 11.2. The summed E-state index contributed by atoms with van der Waals surface area (Å²) in [7, 11) is 0. The highest BCUT2D eigenvalue weighted by Gasteiger charge is 2.03. The van der Waals surface area contributed by atoms with Gasteiger partial charge in [0.25, 0.3) is 0 Å². The Morgan fingerprint density at radius 2 is 2.00 bits per heavy atom. The maximum Gasteiger partial charge on any atom is 0.101 e. The number of pyridine rings is 1. The summed E-state index contributed by atoms with van der Waals surface area (Å²) in [6, 6.07) is 17.5. The van der Waals surface area contributed by atoms with E-state index in [0.29, 0.717) is 17.1 Å². The van der Waals surface area contributed by atoms with Crippen molar-refractivity contribution in [3.63, 3.8) is 0 Å². The molecule has 0 spiro atoms. The van der Waals surface area contributed by atoms with Gasteiger partial charge in [-0.2, -0.15) is 5.26 Å². The molecule has 3 nitrogen and oxygen atoms in total. The number of hydrogen-bond donors (Lipinski definition) is 1. The number of nitrogens with one attached hydrogen (secondary N) is 1. The van der Waals surface area contributed by atoms with Crippen LogP contribution in [-0.4, -0.2) is 4.98 Å². The molecule has 3 aromatic rings. The maximum absolute atomic E-state index is 9.00. The van der Waals surface area contributed by atoms with E-state index in [2.05, 4.69) is 22.4 Å². The van der Waals surface area contributed by atoms with Crippen LogP contribution < -0.4 is 5.32 Å². The van der Waals surface area contributed by atoms with E-state index in [0.717, 1.165) is 22.2 Å². The van der Waals surface area contributed by atoms with Gasteiger partial charge in [0.05, 0.1) is 16.1 Å². The number of benzene rings is 2. The minimum atomic E-state index is 0.470. The number of para-hydroxylation sites is 1. The second-order valence-electron chi connectivity index (χ2n) is 4.65. The van der Waals surface area contributed by atoms with Gasteiger partial charge in [0.15, 0.2) is 0 Å². The molecule has 1 aromatic heterocycles. The third-order valence-corrected chi connectivity index (χ3v) is 3.64. The van der Waals surface area contributed by atoms with Gasteiger partial charge in [-0.15, -0.1) is 0 Å². The normalized spacial score (nSPS) is 10.3. The lowest BCUT2D eigenvalue weighted by Crippen LogP contribution is -2.01. The molecular formula is C17H12ClN3. The number of halogens is 1. The largest absolute Gasteiger partial charge is 0.381 e. The highest BCUT2D eigenvalue weighted by atomic mass is 35.5. The fourth-order valence-electron chi connectivity index (χ4n) is 2.23. The van der Waals surface area contributed by atoms with Crippen molar-refractivity contribution < 1.29 is 0 Å². The summed E-state index contributed by atoms with van der Waals surface area (Å²) in [5, 5.41) is 13.9. The van der Waals surface area contributed by atoms with Crippen LogP contribution in [0, 0.1) is 11.3 Å². The van der Waals surface area contributed by atoms with Gasteiger partial charge < -0.3 is 5.32 Å². The van der Waals surface area contributed by atoms with Crippen molar-refractivity contribution in [2.24, 2.45) is 0 Å². The molecule has 3 rings (SSSR count). The number of nitriles is 1. The summed E-state index contributed by atoms with van der Waals surface area (Å²) in [6.07, 6.45) is 1.81. The highest BCUT2D eigenvalue weighted by Crippen LogP contribution is 2.21. The number of fused-ring (bicyclic) bond motifs is 1. The van der Waals surface area contributed by atoms with Gasteiger partial charge in [0.1, 0.15) is 6.07 Å². The first-order chi connectivity index (χ1) is 10.3. The van der Waals surface area contributed by atoms with E-state index in [1.54, 1.807) is 12.1 Å². The molecule has 0 aliphatic carbocycles. The van der Waals surface area contributed by atoms with Crippen LogP contribution in [-0.2, 0) is 6.54 Å². The lowest BCUT2D eigenvalue weighted by molar-refractivity contribution is 1.16. The van der Waals surface area contributed by atoms with Crippen molar-refractivity contribution >= 4 is 28.2 Å². The van der Waals surface area contributed by atoms with E-state index in [1.807, 2.05) is 36.5 Å². The fraction of sp³-hybridized carbons (Fsp3) is 0.0588. The van der Waals surface area contributed by atoms with Crippen LogP contribution in [0.1, 0.15) is 11.1 Å². The van der Waals surface area contributed by atoms with Crippen molar-refractivity contribution in [1.82, 2.24) is 4.98 Å². The van der Waals surface area contributed by atoms with Crippen LogP contribution in [0.5, 0.6) is 0 Å². The third-order valence-electron chi connectivity index (χ3n) is 3.31. The molecular weight excluding hydrogens is 282 g/mol. The predicted octanol–water partition coefficient (Wildman–Crippen LogP) is 4.37. The summed E-state index contributed by atoms with van der Waals surface area (Å²) < 4.78 is 0. The number of anilines is 1. The Morgan fingerprint density at radius 3 is 2.86 bits per heavy atom. The van der Waals surface area contributed by atoms with Gasteiger partial charge >= 0.3 is 0 Å². The molecule has 0 amide bonds. The second-order valence-corrected chi connectivity index (χ2v) is 5.05. The van der Waals surface area contributed by atoms with Crippen molar-refractivity contribution in [2.75, 3.05) is 5.32 Å². The zero-order valence-corrected chi connectivity index (χ0v) is 11.9. The molecule has 0 unspecified atom stereocenters. The molecule has 0 atom stereocenters. The summed E-state index contributed by atoms with van der Waals surface area (Å²) in [4.78, 5) is 4.35. The fourth-order valence-corrected chi connectivity index (χ4v) is 2.39. The Kier molecular flexibility index (Phi) is 3.72. The summed E-state index contributed by atoms with van der Waals surface area (Å²) in [5.74, 6) is 0. The van der Waals surface area contributed by atoms with E-state index >= 15 is 0 Å². The van der Waals surface area contributed by atoms with E-state index in [4.69, 9.17) is 16.9 Å². The highest BCUT2D eigenvalue weighted by molar-refractivity contribution is 6.31. The monoisotopic (exact) mass is 293 g/mol. The SMILES string of the molecule is N#Cc1cc(NCc2ccnc3ccccc23)ccc1Cl. The van der Waals surface area contributed by atoms with Crippen LogP contribution in [0.2, 0.25) is 5.02 Å². The molecule has 0 bridgehead atoms. The van der Waals surface area contributed by atoms with Crippen molar-refractivity contribution in [3.05, 3.63) is 70.9 Å². The quantitative estimate of drug-likeness (QED) is 0.780. The van der Waals surface area contributed by atoms with Crippen LogP contribution in [0.3, 0.4) is 0 Å². The van der Waals surface area contributed by atoms with Gasteiger partial charge in [-0.1, -0.05) is 29.8 Å². The standard InChI is InChI=1S/C17H12ClN3/c18-16-6-5-14(9-13(16)10-19)21-11-12-7-8-20-17-4-2-1-3-15(12)17/h1-9,21H,11H2. The number of rotatable bonds is 3. The third kappa shape index (κ3) is 2.81. The average molecular weight is 294 g/mol. The first-order valence-electron chi connectivity index (χ1n) is 6.54. The molecule has 102 valence electrons. The smallest absolute Gasteiger partial charge is 0.101 e. The molecule has 1 N–H and O–H groups in total. The molecule has 21 heavy (non-hydrogen) atoms. The first-order valence-corrected chi connectivity index (χ1v) is 6.92. The summed E-state index contributed by atoms with van der Waals surface area (Å²) in [5.41, 5.74) is 3.48. The van der Waals surface area contributed by atoms with Crippen molar-refractivity contribution in [1.29, 1.82) is 5.26 Å². The van der Waals surface area contributed by atoms with Crippen molar-refractivity contribution in [2.45, 2.75) is 6.54 Å².